The maximum Gasteiger partial charge on any atom is 0.328 e. The number of esters is 2. The molecule has 1 aromatic carbocycles. The Hall–Kier alpha value is -2.08. The van der Waals surface area contributed by atoms with Crippen LogP contribution in [0, 0.1) is 5.92 Å². The first-order valence-corrected chi connectivity index (χ1v) is 6.99. The Kier molecular flexibility index (Phi) is 6.85. The van der Waals surface area contributed by atoms with E-state index in [-0.39, 0.29) is 6.42 Å². The quantitative estimate of drug-likeness (QED) is 0.806. The van der Waals surface area contributed by atoms with Crippen LogP contribution in [0.1, 0.15) is 23.7 Å². The lowest BCUT2D eigenvalue weighted by Gasteiger charge is -2.19. The minimum absolute atomic E-state index is 0.0820. The van der Waals surface area contributed by atoms with Gasteiger partial charge >= 0.3 is 11.9 Å². The van der Waals surface area contributed by atoms with E-state index >= 15 is 0 Å². The monoisotopic (exact) mass is 327 g/mol. The topological polar surface area (TPSA) is 81.7 Å². The molecule has 1 rings (SSSR count). The molecule has 120 valence electrons. The zero-order chi connectivity index (χ0) is 16.7. The van der Waals surface area contributed by atoms with Gasteiger partial charge in [-0.1, -0.05) is 18.5 Å². The number of hydrogen-bond acceptors (Lipinski definition) is 5. The van der Waals surface area contributed by atoms with Crippen molar-refractivity contribution in [3.8, 4) is 0 Å². The van der Waals surface area contributed by atoms with Gasteiger partial charge in [-0.3, -0.25) is 9.59 Å². The Morgan fingerprint density at radius 1 is 1.09 bits per heavy atom. The number of benzene rings is 1. The molecule has 1 amide bonds. The van der Waals surface area contributed by atoms with E-state index in [0.29, 0.717) is 10.6 Å². The van der Waals surface area contributed by atoms with Crippen molar-refractivity contribution in [3.63, 3.8) is 0 Å². The minimum atomic E-state index is -0.942. The van der Waals surface area contributed by atoms with Crippen molar-refractivity contribution in [2.45, 2.75) is 19.4 Å². The summed E-state index contributed by atoms with van der Waals surface area (Å²) in [4.78, 5) is 35.3. The third kappa shape index (κ3) is 5.04. The van der Waals surface area contributed by atoms with Crippen molar-refractivity contribution >= 4 is 29.4 Å². The first-order valence-electron chi connectivity index (χ1n) is 6.61. The summed E-state index contributed by atoms with van der Waals surface area (Å²) in [5.41, 5.74) is 0.351. The molecule has 22 heavy (non-hydrogen) atoms. The highest BCUT2D eigenvalue weighted by Gasteiger charge is 2.27. The van der Waals surface area contributed by atoms with E-state index in [1.54, 1.807) is 19.1 Å². The van der Waals surface area contributed by atoms with Crippen LogP contribution >= 0.6 is 11.6 Å². The van der Waals surface area contributed by atoms with E-state index in [9.17, 15) is 14.4 Å². The van der Waals surface area contributed by atoms with Crippen molar-refractivity contribution in [2.75, 3.05) is 14.2 Å². The van der Waals surface area contributed by atoms with Gasteiger partial charge in [0.15, 0.2) is 0 Å². The van der Waals surface area contributed by atoms with Crippen LogP contribution in [0.25, 0.3) is 0 Å². The van der Waals surface area contributed by atoms with E-state index in [1.165, 1.54) is 26.4 Å². The third-order valence-electron chi connectivity index (χ3n) is 3.09. The van der Waals surface area contributed by atoms with Crippen LogP contribution in [0.3, 0.4) is 0 Å². The normalized spacial score (nSPS) is 12.9. The summed E-state index contributed by atoms with van der Waals surface area (Å²) in [5.74, 6) is -2.10. The second kappa shape index (κ2) is 8.38. The molecule has 0 fully saturated rings. The van der Waals surface area contributed by atoms with Gasteiger partial charge in [-0.15, -0.1) is 0 Å². The molecule has 0 saturated heterocycles. The molecule has 0 saturated carbocycles. The summed E-state index contributed by atoms with van der Waals surface area (Å²) in [6, 6.07) is 5.27. The molecular weight excluding hydrogens is 310 g/mol. The Balaban J connectivity index is 2.80. The number of ether oxygens (including phenoxy) is 2. The molecule has 0 aliphatic carbocycles. The van der Waals surface area contributed by atoms with E-state index in [1.807, 2.05) is 0 Å². The molecule has 0 heterocycles. The number of hydrogen-bond donors (Lipinski definition) is 1. The highest BCUT2D eigenvalue weighted by atomic mass is 35.5. The maximum absolute atomic E-state index is 12.1. The van der Waals surface area contributed by atoms with Gasteiger partial charge in [0.2, 0.25) is 0 Å². The number of nitrogens with one attached hydrogen (secondary N) is 1. The summed E-state index contributed by atoms with van der Waals surface area (Å²) in [5, 5.41) is 3.05. The van der Waals surface area contributed by atoms with Crippen LogP contribution in [-0.4, -0.2) is 38.1 Å². The standard InChI is InChI=1S/C15H18ClNO5/c1-9(14(19)21-2)8-12(15(20)22-3)17-13(18)10-4-6-11(16)7-5-10/h4-7,9,12H,8H2,1-3H3,(H,17,18)/t9-,12-/m1/s1. The molecule has 6 nitrogen and oxygen atoms in total. The zero-order valence-corrected chi connectivity index (χ0v) is 13.3. The van der Waals surface area contributed by atoms with Crippen LogP contribution in [0.5, 0.6) is 0 Å². The van der Waals surface area contributed by atoms with E-state index in [4.69, 9.17) is 11.6 Å². The molecule has 1 N–H and O–H groups in total. The van der Waals surface area contributed by atoms with Crippen LogP contribution < -0.4 is 5.32 Å². The lowest BCUT2D eigenvalue weighted by atomic mass is 10.0. The van der Waals surface area contributed by atoms with E-state index < -0.39 is 29.8 Å². The molecule has 0 aliphatic heterocycles. The highest BCUT2D eigenvalue weighted by Crippen LogP contribution is 2.12. The van der Waals surface area contributed by atoms with E-state index in [0.717, 1.165) is 0 Å². The first kappa shape index (κ1) is 18.0. The fourth-order valence-corrected chi connectivity index (χ4v) is 1.98. The summed E-state index contributed by atoms with van der Waals surface area (Å²) < 4.78 is 9.27. The highest BCUT2D eigenvalue weighted by molar-refractivity contribution is 6.30. The Labute approximate surface area is 133 Å². The molecule has 7 heteroatoms. The Morgan fingerprint density at radius 3 is 2.14 bits per heavy atom. The smallest absolute Gasteiger partial charge is 0.328 e. The van der Waals surface area contributed by atoms with Crippen LogP contribution in [0.4, 0.5) is 0 Å². The molecule has 0 aliphatic rings. The van der Waals surface area contributed by atoms with Gasteiger partial charge < -0.3 is 14.8 Å². The van der Waals surface area contributed by atoms with Crippen LogP contribution in [-0.2, 0) is 19.1 Å². The average Bonchev–Trinajstić information content (AvgIpc) is 2.52. The van der Waals surface area contributed by atoms with Crippen molar-refractivity contribution < 1.29 is 23.9 Å². The van der Waals surface area contributed by atoms with Gasteiger partial charge in [0, 0.05) is 10.6 Å². The van der Waals surface area contributed by atoms with Crippen molar-refractivity contribution in [1.82, 2.24) is 5.32 Å². The van der Waals surface area contributed by atoms with Gasteiger partial charge in [-0.05, 0) is 30.7 Å². The molecule has 0 radical (unpaired) electrons. The molecule has 0 spiro atoms. The Morgan fingerprint density at radius 2 is 1.64 bits per heavy atom. The molecular formula is C15H18ClNO5. The number of rotatable bonds is 6. The van der Waals surface area contributed by atoms with Gasteiger partial charge in [0.05, 0.1) is 20.1 Å². The molecule has 1 aromatic rings. The van der Waals surface area contributed by atoms with Gasteiger partial charge in [0.25, 0.3) is 5.91 Å². The Bertz CT molecular complexity index is 543. The third-order valence-corrected chi connectivity index (χ3v) is 3.34. The summed E-state index contributed by atoms with van der Waals surface area (Å²) in [6.45, 7) is 1.61. The van der Waals surface area contributed by atoms with E-state index in [2.05, 4.69) is 14.8 Å². The lowest BCUT2D eigenvalue weighted by molar-refractivity contribution is -0.147. The van der Waals surface area contributed by atoms with Crippen LogP contribution in [0.15, 0.2) is 24.3 Å². The number of methoxy groups -OCH3 is 2. The van der Waals surface area contributed by atoms with Gasteiger partial charge in [0.1, 0.15) is 6.04 Å². The second-order valence-electron chi connectivity index (χ2n) is 4.72. The number of carbonyl (C=O) groups is 3. The predicted octanol–water partition coefficient (Wildman–Crippen LogP) is 1.81. The second-order valence-corrected chi connectivity index (χ2v) is 5.15. The van der Waals surface area contributed by atoms with Gasteiger partial charge in [-0.25, -0.2) is 4.79 Å². The summed E-state index contributed by atoms with van der Waals surface area (Å²) in [6.07, 6.45) is 0.0820. The SMILES string of the molecule is COC(=O)[C@H](C)C[C@@H](NC(=O)c1ccc(Cl)cc1)C(=O)OC. The van der Waals surface area contributed by atoms with Crippen LogP contribution in [0.2, 0.25) is 5.02 Å². The number of amides is 1. The summed E-state index contributed by atoms with van der Waals surface area (Å²) >= 11 is 5.76. The van der Waals surface area contributed by atoms with Gasteiger partial charge in [-0.2, -0.15) is 0 Å². The summed E-state index contributed by atoms with van der Waals surface area (Å²) in [7, 11) is 2.48. The fraction of sp³-hybridized carbons (Fsp3) is 0.400. The molecule has 0 aromatic heterocycles. The molecule has 0 bridgehead atoms. The number of halogens is 1. The van der Waals surface area contributed by atoms with Crippen molar-refractivity contribution in [2.24, 2.45) is 5.92 Å². The molecule has 2 atom stereocenters. The fourth-order valence-electron chi connectivity index (χ4n) is 1.85. The largest absolute Gasteiger partial charge is 0.469 e. The molecule has 0 unspecified atom stereocenters. The lowest BCUT2D eigenvalue weighted by Crippen LogP contribution is -2.43. The first-order chi connectivity index (χ1) is 10.4. The zero-order valence-electron chi connectivity index (χ0n) is 12.6. The maximum atomic E-state index is 12.1. The number of carbonyl (C=O) groups excluding carboxylic acids is 3. The minimum Gasteiger partial charge on any atom is -0.469 e. The van der Waals surface area contributed by atoms with Crippen molar-refractivity contribution in [3.05, 3.63) is 34.9 Å². The van der Waals surface area contributed by atoms with Crippen molar-refractivity contribution in [1.29, 1.82) is 0 Å². The average molecular weight is 328 g/mol. The predicted molar refractivity (Wildman–Crippen MR) is 80.5 cm³/mol.